The summed E-state index contributed by atoms with van der Waals surface area (Å²) in [6.07, 6.45) is 5.54. The summed E-state index contributed by atoms with van der Waals surface area (Å²) in [4.78, 5) is 11.3. The minimum absolute atomic E-state index is 0.363. The highest BCUT2D eigenvalue weighted by Gasteiger charge is 2.23. The van der Waals surface area contributed by atoms with Crippen molar-refractivity contribution in [1.29, 1.82) is 0 Å². The molecule has 0 aliphatic carbocycles. The standard InChI is InChI=1S/C11H20OS/c1-11(2,3)8-9-6-4-5-7-10(12)13-9/h9H,4-8H2,1-3H3. The van der Waals surface area contributed by atoms with Gasteiger partial charge in [-0.3, -0.25) is 4.79 Å². The molecule has 0 aromatic carbocycles. The van der Waals surface area contributed by atoms with Crippen LogP contribution in [-0.4, -0.2) is 10.4 Å². The van der Waals surface area contributed by atoms with Gasteiger partial charge in [0.25, 0.3) is 0 Å². The molecule has 1 unspecified atom stereocenters. The molecule has 2 heteroatoms. The molecule has 76 valence electrons. The summed E-state index contributed by atoms with van der Waals surface area (Å²) < 4.78 is 0. The molecule has 0 bridgehead atoms. The molecule has 1 heterocycles. The number of hydrogen-bond donors (Lipinski definition) is 0. The maximum atomic E-state index is 11.3. The van der Waals surface area contributed by atoms with Gasteiger partial charge in [0, 0.05) is 11.7 Å². The molecule has 0 spiro atoms. The summed E-state index contributed by atoms with van der Waals surface area (Å²) >= 11 is 1.60. The molecule has 0 aromatic rings. The lowest BCUT2D eigenvalue weighted by molar-refractivity contribution is -0.111. The Hall–Kier alpha value is 0.0200. The van der Waals surface area contributed by atoms with Crippen molar-refractivity contribution in [2.24, 2.45) is 5.41 Å². The van der Waals surface area contributed by atoms with Gasteiger partial charge in [-0.05, 0) is 24.7 Å². The predicted octanol–water partition coefficient (Wildman–Crippen LogP) is 3.63. The monoisotopic (exact) mass is 200 g/mol. The second-order valence-corrected chi connectivity index (χ2v) is 6.48. The summed E-state index contributed by atoms with van der Waals surface area (Å²) in [5.41, 5.74) is 0.363. The number of thioether (sulfide) groups is 1. The van der Waals surface area contributed by atoms with Crippen LogP contribution in [0, 0.1) is 5.41 Å². The van der Waals surface area contributed by atoms with Crippen LogP contribution in [0.5, 0.6) is 0 Å². The zero-order chi connectivity index (χ0) is 9.90. The Labute approximate surface area is 85.7 Å². The first kappa shape index (κ1) is 11.1. The quantitative estimate of drug-likeness (QED) is 0.643. The van der Waals surface area contributed by atoms with E-state index in [0.29, 0.717) is 15.8 Å². The van der Waals surface area contributed by atoms with Crippen molar-refractivity contribution in [3.05, 3.63) is 0 Å². The Morgan fingerprint density at radius 2 is 2.08 bits per heavy atom. The summed E-state index contributed by atoms with van der Waals surface area (Å²) in [7, 11) is 0. The molecule has 0 N–H and O–H groups in total. The van der Waals surface area contributed by atoms with Crippen molar-refractivity contribution >= 4 is 16.9 Å². The summed E-state index contributed by atoms with van der Waals surface area (Å²) in [6, 6.07) is 0. The molecule has 1 atom stereocenters. The van der Waals surface area contributed by atoms with Gasteiger partial charge in [0.1, 0.15) is 0 Å². The second kappa shape index (κ2) is 4.50. The predicted molar refractivity (Wildman–Crippen MR) is 58.9 cm³/mol. The van der Waals surface area contributed by atoms with E-state index >= 15 is 0 Å². The van der Waals surface area contributed by atoms with E-state index in [1.807, 2.05) is 0 Å². The van der Waals surface area contributed by atoms with Gasteiger partial charge in [0.2, 0.25) is 0 Å². The second-order valence-electron chi connectivity index (χ2n) is 5.12. The molecule has 1 rings (SSSR count). The van der Waals surface area contributed by atoms with Gasteiger partial charge in [-0.1, -0.05) is 39.0 Å². The molecule has 1 nitrogen and oxygen atoms in total. The van der Waals surface area contributed by atoms with Crippen LogP contribution < -0.4 is 0 Å². The molecule has 0 saturated carbocycles. The highest BCUT2D eigenvalue weighted by molar-refractivity contribution is 8.14. The van der Waals surface area contributed by atoms with E-state index in [4.69, 9.17) is 0 Å². The lowest BCUT2D eigenvalue weighted by Gasteiger charge is -2.23. The van der Waals surface area contributed by atoms with Crippen LogP contribution in [0.4, 0.5) is 0 Å². The van der Waals surface area contributed by atoms with E-state index in [-0.39, 0.29) is 0 Å². The SMILES string of the molecule is CC(C)(C)CC1CCCCC(=O)S1. The number of hydrogen-bond acceptors (Lipinski definition) is 2. The molecule has 0 aromatic heterocycles. The van der Waals surface area contributed by atoms with Crippen LogP contribution in [0.3, 0.4) is 0 Å². The maximum absolute atomic E-state index is 11.3. The lowest BCUT2D eigenvalue weighted by Crippen LogP contribution is -2.15. The molecule has 1 saturated heterocycles. The molecule has 1 aliphatic rings. The van der Waals surface area contributed by atoms with Gasteiger partial charge < -0.3 is 0 Å². The fraction of sp³-hybridized carbons (Fsp3) is 0.909. The van der Waals surface area contributed by atoms with Crippen LogP contribution in [0.1, 0.15) is 52.9 Å². The van der Waals surface area contributed by atoms with Crippen LogP contribution in [0.2, 0.25) is 0 Å². The molecule has 13 heavy (non-hydrogen) atoms. The van der Waals surface area contributed by atoms with E-state index in [9.17, 15) is 4.79 Å². The maximum Gasteiger partial charge on any atom is 0.189 e. The number of rotatable bonds is 1. The largest absolute Gasteiger partial charge is 0.287 e. The third-order valence-electron chi connectivity index (χ3n) is 2.30. The van der Waals surface area contributed by atoms with Crippen molar-refractivity contribution in [2.75, 3.05) is 0 Å². The number of carbonyl (C=O) groups is 1. The third kappa shape index (κ3) is 4.70. The Kier molecular flexibility index (Phi) is 3.84. The summed E-state index contributed by atoms with van der Waals surface area (Å²) in [6.45, 7) is 6.76. The summed E-state index contributed by atoms with van der Waals surface area (Å²) in [5, 5.41) is 0.988. The lowest BCUT2D eigenvalue weighted by atomic mass is 9.89. The van der Waals surface area contributed by atoms with Crippen LogP contribution in [-0.2, 0) is 4.79 Å². The van der Waals surface area contributed by atoms with Gasteiger partial charge in [0.15, 0.2) is 5.12 Å². The molecule has 0 amide bonds. The number of carbonyl (C=O) groups excluding carboxylic acids is 1. The Morgan fingerprint density at radius 3 is 2.69 bits per heavy atom. The van der Waals surface area contributed by atoms with Gasteiger partial charge in [-0.25, -0.2) is 0 Å². The van der Waals surface area contributed by atoms with Crippen LogP contribution >= 0.6 is 11.8 Å². The van der Waals surface area contributed by atoms with Gasteiger partial charge in [0.05, 0.1) is 0 Å². The zero-order valence-corrected chi connectivity index (χ0v) is 9.75. The van der Waals surface area contributed by atoms with Crippen LogP contribution in [0.25, 0.3) is 0 Å². The molecular formula is C11H20OS. The Bertz CT molecular complexity index is 181. The van der Waals surface area contributed by atoms with Crippen molar-refractivity contribution in [3.63, 3.8) is 0 Å². The Balaban J connectivity index is 2.44. The van der Waals surface area contributed by atoms with Crippen molar-refractivity contribution in [3.8, 4) is 0 Å². The highest BCUT2D eigenvalue weighted by atomic mass is 32.2. The fourth-order valence-electron chi connectivity index (χ4n) is 1.77. The van der Waals surface area contributed by atoms with E-state index < -0.39 is 0 Å². The van der Waals surface area contributed by atoms with Crippen molar-refractivity contribution < 1.29 is 4.79 Å². The fourth-order valence-corrected chi connectivity index (χ4v) is 3.27. The van der Waals surface area contributed by atoms with Crippen LogP contribution in [0.15, 0.2) is 0 Å². The average Bonchev–Trinajstić information content (AvgIpc) is 2.10. The molecule has 1 fully saturated rings. The average molecular weight is 200 g/mol. The van der Waals surface area contributed by atoms with E-state index in [1.54, 1.807) is 11.8 Å². The minimum Gasteiger partial charge on any atom is -0.287 e. The normalized spacial score (nSPS) is 25.8. The smallest absolute Gasteiger partial charge is 0.189 e. The third-order valence-corrected chi connectivity index (χ3v) is 3.50. The first-order valence-electron chi connectivity index (χ1n) is 5.17. The molecular weight excluding hydrogens is 180 g/mol. The van der Waals surface area contributed by atoms with E-state index in [1.165, 1.54) is 19.3 Å². The van der Waals surface area contributed by atoms with E-state index in [0.717, 1.165) is 12.8 Å². The minimum atomic E-state index is 0.363. The van der Waals surface area contributed by atoms with Crippen molar-refractivity contribution in [1.82, 2.24) is 0 Å². The topological polar surface area (TPSA) is 17.1 Å². The van der Waals surface area contributed by atoms with Gasteiger partial charge >= 0.3 is 0 Å². The highest BCUT2D eigenvalue weighted by Crippen LogP contribution is 2.34. The van der Waals surface area contributed by atoms with E-state index in [2.05, 4.69) is 20.8 Å². The zero-order valence-electron chi connectivity index (χ0n) is 8.93. The first-order chi connectivity index (χ1) is 5.97. The summed E-state index contributed by atoms with van der Waals surface area (Å²) in [5.74, 6) is 0. The van der Waals surface area contributed by atoms with Gasteiger partial charge in [-0.15, -0.1) is 0 Å². The first-order valence-corrected chi connectivity index (χ1v) is 6.05. The molecule has 1 aliphatic heterocycles. The van der Waals surface area contributed by atoms with Crippen molar-refractivity contribution in [2.45, 2.75) is 58.1 Å². The van der Waals surface area contributed by atoms with Gasteiger partial charge in [-0.2, -0.15) is 0 Å². The molecule has 0 radical (unpaired) electrons. The Morgan fingerprint density at radius 1 is 1.38 bits per heavy atom.